The second kappa shape index (κ2) is 25.5. The summed E-state index contributed by atoms with van der Waals surface area (Å²) in [4.78, 5) is 54.9. The van der Waals surface area contributed by atoms with E-state index in [0.717, 1.165) is 149 Å². The molecule has 1 aliphatic carbocycles. The van der Waals surface area contributed by atoms with Gasteiger partial charge in [0.2, 0.25) is 17.7 Å². The largest absolute Gasteiger partial charge is 0.507 e. The highest BCUT2D eigenvalue weighted by atomic mass is 32.1. The van der Waals surface area contributed by atoms with Gasteiger partial charge in [-0.15, -0.1) is 11.3 Å². The summed E-state index contributed by atoms with van der Waals surface area (Å²) in [6.07, 6.45) is 13.1. The molecule has 2 aromatic carbocycles. The number of thiazole rings is 1. The number of fused-ring (bicyclic) bond motifs is 1. The van der Waals surface area contributed by atoms with Crippen LogP contribution in [0.3, 0.4) is 0 Å². The number of ether oxygens (including phenoxy) is 1. The molecule has 5 saturated heterocycles. The van der Waals surface area contributed by atoms with Crippen LogP contribution in [0.25, 0.3) is 16.1 Å². The number of benzene rings is 2. The van der Waals surface area contributed by atoms with Crippen molar-refractivity contribution in [3.05, 3.63) is 107 Å². The number of nitrogens with two attached hydrogens (primary N) is 3. The van der Waals surface area contributed by atoms with E-state index in [1.807, 2.05) is 31.6 Å². The van der Waals surface area contributed by atoms with Crippen LogP contribution in [-0.2, 0) is 14.4 Å². The molecule has 1 saturated carbocycles. The standard InChI is InChI=1S/C36H52N6O4S.C25H32N6O2/c1-23(2)33(31-20-32(39-46-31)41-18-11-26(12-19-41)21-40-16-13-29(43)14-17-40)36(45)42-15-5-6-30(42)35(44)38-24(3)27-7-9-28(10-8-27)34-25(4)37-22-47-34;26-21(20-6-1-2-7-23(20)32)11-22(25(27)28)31-14-16-12-30(13-17(16)15-31)18-8-9-29-24(10-18)33-19-4-3-5-19/h7-10,22-24,26,29-31,33,43H,5-6,11-21H2,1-4H3,(H,38,44);1-2,6-11,16-17,19,32H,3-5,12-15,26-28H2/b;21-11-. The topological polar surface area (TPSA) is 237 Å². The number of oxime groups is 1. The number of anilines is 1. The first-order chi connectivity index (χ1) is 38.6. The highest BCUT2D eigenvalue weighted by Crippen LogP contribution is 2.38. The molecule has 6 unspecified atom stereocenters. The molecule has 430 valence electrons. The van der Waals surface area contributed by atoms with E-state index in [2.05, 4.69) is 90.3 Å². The molecule has 0 bridgehead atoms. The number of nitrogens with one attached hydrogen (secondary N) is 1. The van der Waals surface area contributed by atoms with Crippen LogP contribution in [0, 0.1) is 36.5 Å². The average molecular weight is 1110 g/mol. The monoisotopic (exact) mass is 1110 g/mol. The van der Waals surface area contributed by atoms with Gasteiger partial charge in [0.15, 0.2) is 0 Å². The fraction of sp³-hybridized carbons (Fsp3) is 0.557. The fourth-order valence-corrected chi connectivity index (χ4v) is 13.7. The molecule has 2 amide bonds. The molecule has 8 heterocycles. The number of amides is 2. The highest BCUT2D eigenvalue weighted by molar-refractivity contribution is 7.13. The maximum absolute atomic E-state index is 14.1. The van der Waals surface area contributed by atoms with Crippen LogP contribution in [0.2, 0.25) is 0 Å². The molecule has 6 aliphatic heterocycles. The number of carbonyl (C=O) groups excluding carboxylic acids is 2. The Morgan fingerprint density at radius 2 is 1.59 bits per heavy atom. The van der Waals surface area contributed by atoms with Gasteiger partial charge in [-0.05, 0) is 119 Å². The molecule has 80 heavy (non-hydrogen) atoms. The van der Waals surface area contributed by atoms with Crippen LogP contribution in [0.1, 0.15) is 108 Å². The fourth-order valence-electron chi connectivity index (χ4n) is 12.9. The Kier molecular flexibility index (Phi) is 18.1. The highest BCUT2D eigenvalue weighted by Gasteiger charge is 2.45. The SMILES string of the molecule is Cc1ncsc1-c1ccc(C(C)NC(=O)C2CCCN2C(=O)C(C(C)C)C2CC(N3CCC(CN4CCC(O)CC4)CC3)=NO2)cc1.NC(N)=C(/C=C(\N)c1ccccc1O)N1CC2CN(c3ccnc(OC4CCC4)c3)CC2C1. The van der Waals surface area contributed by atoms with Crippen LogP contribution in [-0.4, -0.2) is 147 Å². The summed E-state index contributed by atoms with van der Waals surface area (Å²) in [6.45, 7) is 17.4. The van der Waals surface area contributed by atoms with Gasteiger partial charge in [-0.3, -0.25) is 9.59 Å². The summed E-state index contributed by atoms with van der Waals surface area (Å²) in [5.74, 6) is 3.31. The second-order valence-electron chi connectivity index (χ2n) is 23.7. The van der Waals surface area contributed by atoms with E-state index in [1.165, 1.54) is 6.42 Å². The lowest BCUT2D eigenvalue weighted by atomic mass is 9.86. The van der Waals surface area contributed by atoms with Crippen LogP contribution in [0.4, 0.5) is 5.69 Å². The molecule has 18 nitrogen and oxygen atoms in total. The molecular weight excluding hydrogens is 1030 g/mol. The quantitative estimate of drug-likeness (QED) is 0.0658. The third-order valence-electron chi connectivity index (χ3n) is 17.8. The molecule has 2 aromatic heterocycles. The van der Waals surface area contributed by atoms with Crippen molar-refractivity contribution in [2.45, 2.75) is 122 Å². The number of carbonyl (C=O) groups is 2. The van der Waals surface area contributed by atoms with E-state index in [0.29, 0.717) is 54.5 Å². The number of allylic oxidation sites excluding steroid dienone is 1. The maximum atomic E-state index is 14.1. The number of para-hydroxylation sites is 1. The number of aliphatic hydroxyl groups excluding tert-OH is 1. The Hall–Kier alpha value is -6.57. The van der Waals surface area contributed by atoms with Gasteiger partial charge in [0.05, 0.1) is 39.8 Å². The predicted octanol–water partition coefficient (Wildman–Crippen LogP) is 7.00. The zero-order chi connectivity index (χ0) is 56.0. The molecule has 0 radical (unpaired) electrons. The molecule has 4 aromatic rings. The number of aliphatic hydroxyl groups is 1. The van der Waals surface area contributed by atoms with Crippen LogP contribution in [0.15, 0.2) is 95.1 Å². The van der Waals surface area contributed by atoms with E-state index in [4.69, 9.17) is 26.8 Å². The first kappa shape index (κ1) is 56.7. The maximum Gasteiger partial charge on any atom is 0.243 e. The van der Waals surface area contributed by atoms with E-state index in [9.17, 15) is 19.8 Å². The number of aromatic hydroxyl groups is 1. The van der Waals surface area contributed by atoms with Gasteiger partial charge in [-0.1, -0.05) is 55.4 Å². The van der Waals surface area contributed by atoms with Crippen molar-refractivity contribution in [3.63, 3.8) is 0 Å². The van der Waals surface area contributed by atoms with Crippen molar-refractivity contribution < 1.29 is 29.4 Å². The van der Waals surface area contributed by atoms with E-state index >= 15 is 0 Å². The van der Waals surface area contributed by atoms with E-state index in [-0.39, 0.29) is 53.5 Å². The minimum atomic E-state index is -0.477. The van der Waals surface area contributed by atoms with Gasteiger partial charge in [0, 0.05) is 113 Å². The van der Waals surface area contributed by atoms with E-state index < -0.39 is 6.04 Å². The molecule has 19 heteroatoms. The van der Waals surface area contributed by atoms with Gasteiger partial charge in [0.1, 0.15) is 35.7 Å². The van der Waals surface area contributed by atoms with Crippen molar-refractivity contribution in [2.24, 2.45) is 51.9 Å². The summed E-state index contributed by atoms with van der Waals surface area (Å²) < 4.78 is 5.99. The first-order valence-corrected chi connectivity index (χ1v) is 30.2. The van der Waals surface area contributed by atoms with Crippen molar-refractivity contribution in [1.29, 1.82) is 0 Å². The molecule has 11 rings (SSSR count). The zero-order valence-electron chi connectivity index (χ0n) is 47.2. The average Bonchev–Trinajstić information content (AvgIpc) is 4.35. The number of aryl methyl sites for hydroxylation is 1. The van der Waals surface area contributed by atoms with Crippen molar-refractivity contribution in [1.82, 2.24) is 34.9 Å². The van der Waals surface area contributed by atoms with Gasteiger partial charge in [-0.25, -0.2) is 9.97 Å². The Balaban J connectivity index is 0.000000191. The summed E-state index contributed by atoms with van der Waals surface area (Å²) in [6, 6.07) is 18.7. The van der Waals surface area contributed by atoms with Gasteiger partial charge >= 0.3 is 0 Å². The minimum Gasteiger partial charge on any atom is -0.507 e. The lowest BCUT2D eigenvalue weighted by Gasteiger charge is -2.37. The van der Waals surface area contributed by atoms with Gasteiger partial charge in [-0.2, -0.15) is 0 Å². The number of amidine groups is 1. The number of aromatic nitrogens is 2. The van der Waals surface area contributed by atoms with Crippen LogP contribution in [0.5, 0.6) is 11.6 Å². The third-order valence-corrected chi connectivity index (χ3v) is 18.8. The number of likely N-dealkylation sites (tertiary alicyclic amines) is 4. The van der Waals surface area contributed by atoms with Crippen molar-refractivity contribution in [3.8, 4) is 22.1 Å². The summed E-state index contributed by atoms with van der Waals surface area (Å²) in [5.41, 5.74) is 26.3. The van der Waals surface area contributed by atoms with Crippen molar-refractivity contribution in [2.75, 3.05) is 70.3 Å². The molecule has 7 aliphatic rings. The lowest BCUT2D eigenvalue weighted by molar-refractivity contribution is -0.147. The number of hydrogen-bond donors (Lipinski definition) is 6. The predicted molar refractivity (Wildman–Crippen MR) is 314 cm³/mol. The molecule has 6 fully saturated rings. The number of phenolic OH excluding ortho intramolecular Hbond substituents is 1. The summed E-state index contributed by atoms with van der Waals surface area (Å²) >= 11 is 1.63. The number of piperidine rings is 2. The first-order valence-electron chi connectivity index (χ1n) is 29.3. The number of rotatable bonds is 15. The van der Waals surface area contributed by atoms with E-state index in [1.54, 1.807) is 40.5 Å². The smallest absolute Gasteiger partial charge is 0.243 e. The molecule has 0 spiro atoms. The Morgan fingerprint density at radius 1 is 0.863 bits per heavy atom. The molecule has 9 N–H and O–H groups in total. The second-order valence-corrected chi connectivity index (χ2v) is 24.6. The Morgan fingerprint density at radius 3 is 2.24 bits per heavy atom. The van der Waals surface area contributed by atoms with Gasteiger partial charge in [0.25, 0.3) is 0 Å². The zero-order valence-corrected chi connectivity index (χ0v) is 48.0. The van der Waals surface area contributed by atoms with Crippen LogP contribution < -0.4 is 32.2 Å². The Labute approximate surface area is 476 Å². The number of nitrogens with zero attached hydrogens (tertiary/aromatic N) is 8. The van der Waals surface area contributed by atoms with Crippen molar-refractivity contribution >= 4 is 40.4 Å². The normalized spacial score (nSPS) is 23.7. The number of hydrogen-bond acceptors (Lipinski definition) is 17. The number of pyridine rings is 1. The minimum absolute atomic E-state index is 0.00129. The summed E-state index contributed by atoms with van der Waals surface area (Å²) in [5, 5.41) is 27.6. The molecular formula is C61H84N12O6S. The third kappa shape index (κ3) is 13.3. The van der Waals surface area contributed by atoms with Gasteiger partial charge < -0.3 is 66.8 Å². The van der Waals surface area contributed by atoms with Crippen LogP contribution >= 0.6 is 11.3 Å². The number of phenols is 1. The Bertz CT molecular complexity index is 2840. The lowest BCUT2D eigenvalue weighted by Crippen LogP contribution is -2.51. The molecule has 6 atom stereocenters. The summed E-state index contributed by atoms with van der Waals surface area (Å²) in [7, 11) is 0.